The number of ether oxygens (including phenoxy) is 3. The van der Waals surface area contributed by atoms with Gasteiger partial charge in [0.25, 0.3) is 0 Å². The van der Waals surface area contributed by atoms with Gasteiger partial charge in [-0.05, 0) is 62.0 Å². The Morgan fingerprint density at radius 1 is 1.11 bits per heavy atom. The van der Waals surface area contributed by atoms with Crippen LogP contribution in [0.1, 0.15) is 37.9 Å². The van der Waals surface area contributed by atoms with E-state index in [0.29, 0.717) is 65.1 Å². The van der Waals surface area contributed by atoms with Crippen molar-refractivity contribution >= 4 is 5.91 Å². The molecule has 1 aromatic carbocycles. The molecule has 1 aromatic rings. The molecule has 2 atom stereocenters. The van der Waals surface area contributed by atoms with Crippen LogP contribution in [-0.4, -0.2) is 92.9 Å². The second kappa shape index (κ2) is 17.1. The quantitative estimate of drug-likeness (QED) is 0.131. The number of likely N-dealkylation sites (tertiary alicyclic amines) is 1. The molecule has 2 rings (SSSR count). The van der Waals surface area contributed by atoms with Crippen LogP contribution in [0.25, 0.3) is 10.4 Å². The van der Waals surface area contributed by atoms with Gasteiger partial charge in [0.15, 0.2) is 0 Å². The van der Waals surface area contributed by atoms with E-state index in [1.807, 2.05) is 6.92 Å². The van der Waals surface area contributed by atoms with Crippen molar-refractivity contribution in [2.45, 2.75) is 38.3 Å². The van der Waals surface area contributed by atoms with Gasteiger partial charge in [-0.3, -0.25) is 9.69 Å². The lowest BCUT2D eigenvalue weighted by molar-refractivity contribution is -0.122. The normalized spacial score (nSPS) is 16.4. The van der Waals surface area contributed by atoms with Gasteiger partial charge in [-0.15, -0.1) is 0 Å². The zero-order valence-electron chi connectivity index (χ0n) is 20.6. The number of aliphatic hydroxyl groups is 1. The Kier molecular flexibility index (Phi) is 14.1. The average molecular weight is 494 g/mol. The molecule has 0 saturated carbocycles. The van der Waals surface area contributed by atoms with Gasteiger partial charge in [-0.1, -0.05) is 17.2 Å². The van der Waals surface area contributed by atoms with Gasteiger partial charge in [0.1, 0.15) is 5.75 Å². The first-order valence-electron chi connectivity index (χ1n) is 12.2. The highest BCUT2D eigenvalue weighted by atomic mass is 16.5. The molecule has 3 N–H and O–H groups in total. The van der Waals surface area contributed by atoms with Crippen molar-refractivity contribution in [3.8, 4) is 5.75 Å². The summed E-state index contributed by atoms with van der Waals surface area (Å²) in [4.78, 5) is 17.1. The maximum atomic E-state index is 12.2. The lowest BCUT2D eigenvalue weighted by Crippen LogP contribution is -2.43. The molecule has 1 amide bonds. The van der Waals surface area contributed by atoms with E-state index in [-0.39, 0.29) is 17.7 Å². The van der Waals surface area contributed by atoms with E-state index < -0.39 is 6.10 Å². The lowest BCUT2D eigenvalue weighted by atomic mass is 9.91. The fraction of sp³-hybridized carbons (Fsp3) is 0.708. The van der Waals surface area contributed by atoms with Crippen molar-refractivity contribution in [3.05, 3.63) is 40.3 Å². The van der Waals surface area contributed by atoms with Crippen molar-refractivity contribution in [1.29, 1.82) is 0 Å². The number of carbonyl (C=O) groups excluding carboxylic acids is 1. The van der Waals surface area contributed by atoms with Gasteiger partial charge in [0.05, 0.1) is 45.7 Å². The van der Waals surface area contributed by atoms with Gasteiger partial charge in [0, 0.05) is 30.5 Å². The molecule has 1 aliphatic rings. The number of phenols is 1. The molecule has 1 saturated heterocycles. The van der Waals surface area contributed by atoms with Crippen LogP contribution in [-0.2, 0) is 19.0 Å². The molecule has 196 valence electrons. The van der Waals surface area contributed by atoms with Crippen LogP contribution in [0.3, 0.4) is 0 Å². The first-order chi connectivity index (χ1) is 17.0. The monoisotopic (exact) mass is 493 g/mol. The highest BCUT2D eigenvalue weighted by molar-refractivity contribution is 5.76. The van der Waals surface area contributed by atoms with E-state index in [1.165, 1.54) is 0 Å². The summed E-state index contributed by atoms with van der Waals surface area (Å²) in [6.45, 7) is 7.08. The largest absolute Gasteiger partial charge is 0.508 e. The second-order valence-electron chi connectivity index (χ2n) is 8.60. The van der Waals surface area contributed by atoms with Crippen molar-refractivity contribution in [1.82, 2.24) is 10.2 Å². The molecule has 11 nitrogen and oxygen atoms in total. The predicted molar refractivity (Wildman–Crippen MR) is 131 cm³/mol. The zero-order chi connectivity index (χ0) is 25.3. The van der Waals surface area contributed by atoms with Gasteiger partial charge in [-0.25, -0.2) is 0 Å². The Morgan fingerprint density at radius 2 is 1.71 bits per heavy atom. The van der Waals surface area contributed by atoms with E-state index in [9.17, 15) is 15.0 Å². The Hall–Kier alpha value is -2.40. The second-order valence-corrected chi connectivity index (χ2v) is 8.60. The number of rotatable bonds is 17. The molecule has 35 heavy (non-hydrogen) atoms. The minimum atomic E-state index is -0.621. The topological polar surface area (TPSA) is 149 Å². The summed E-state index contributed by atoms with van der Waals surface area (Å²) in [5.41, 5.74) is 8.93. The molecule has 0 spiro atoms. The van der Waals surface area contributed by atoms with Crippen LogP contribution in [0.2, 0.25) is 0 Å². The minimum absolute atomic E-state index is 0.0351. The number of nitrogens with one attached hydrogen (secondary N) is 1. The van der Waals surface area contributed by atoms with Crippen LogP contribution in [0, 0.1) is 5.92 Å². The van der Waals surface area contributed by atoms with Crippen LogP contribution in [0.5, 0.6) is 5.75 Å². The number of phenolic OH excluding ortho intramolecular Hbond substituents is 1. The number of nitrogens with zero attached hydrogens (tertiary/aromatic N) is 4. The van der Waals surface area contributed by atoms with Gasteiger partial charge in [-0.2, -0.15) is 0 Å². The molecule has 1 fully saturated rings. The Balaban J connectivity index is 1.47. The lowest BCUT2D eigenvalue weighted by Gasteiger charge is -2.38. The number of aliphatic hydroxyl groups excluding tert-OH is 1. The maximum Gasteiger partial charge on any atom is 0.220 e. The highest BCUT2D eigenvalue weighted by Crippen LogP contribution is 2.27. The first kappa shape index (κ1) is 28.8. The molecule has 0 bridgehead atoms. The molecular weight excluding hydrogens is 454 g/mol. The molecule has 1 aliphatic heterocycles. The summed E-state index contributed by atoms with van der Waals surface area (Å²) >= 11 is 0. The van der Waals surface area contributed by atoms with Gasteiger partial charge in [0.2, 0.25) is 5.91 Å². The molecule has 0 aliphatic carbocycles. The maximum absolute atomic E-state index is 12.2. The molecular formula is C24H39N5O6. The predicted octanol–water partition coefficient (Wildman–Crippen LogP) is 2.39. The van der Waals surface area contributed by atoms with E-state index in [4.69, 9.17) is 19.7 Å². The van der Waals surface area contributed by atoms with Crippen molar-refractivity contribution in [2.75, 3.05) is 65.8 Å². The molecule has 0 aromatic heterocycles. The summed E-state index contributed by atoms with van der Waals surface area (Å²) < 4.78 is 16.0. The van der Waals surface area contributed by atoms with Crippen LogP contribution < -0.4 is 5.32 Å². The zero-order valence-corrected chi connectivity index (χ0v) is 20.6. The smallest absolute Gasteiger partial charge is 0.220 e. The molecule has 0 unspecified atom stereocenters. The van der Waals surface area contributed by atoms with E-state index in [1.54, 1.807) is 24.3 Å². The van der Waals surface area contributed by atoms with Crippen molar-refractivity contribution in [3.63, 3.8) is 0 Å². The highest BCUT2D eigenvalue weighted by Gasteiger charge is 2.28. The number of amides is 1. The summed E-state index contributed by atoms with van der Waals surface area (Å²) in [6, 6.07) is 6.64. The number of aromatic hydroxyl groups is 1. The van der Waals surface area contributed by atoms with Gasteiger partial charge >= 0.3 is 0 Å². The number of piperidine rings is 1. The number of carbonyl (C=O) groups is 1. The average Bonchev–Trinajstić information content (AvgIpc) is 2.87. The van der Waals surface area contributed by atoms with Gasteiger partial charge < -0.3 is 29.7 Å². The van der Waals surface area contributed by atoms with E-state index in [2.05, 4.69) is 20.2 Å². The summed E-state index contributed by atoms with van der Waals surface area (Å²) in [5.74, 6) is 0.567. The minimum Gasteiger partial charge on any atom is -0.508 e. The first-order valence-corrected chi connectivity index (χ1v) is 12.2. The number of benzene rings is 1. The van der Waals surface area contributed by atoms with E-state index >= 15 is 0 Å². The summed E-state index contributed by atoms with van der Waals surface area (Å²) in [7, 11) is 0. The van der Waals surface area contributed by atoms with Crippen molar-refractivity contribution in [2.24, 2.45) is 11.0 Å². The third-order valence-electron chi connectivity index (χ3n) is 6.10. The van der Waals surface area contributed by atoms with Crippen LogP contribution in [0.4, 0.5) is 0 Å². The third kappa shape index (κ3) is 11.7. The molecule has 0 radical (unpaired) electrons. The van der Waals surface area contributed by atoms with Crippen molar-refractivity contribution < 1.29 is 29.2 Å². The standard InChI is InChI=1S/C24H39N5O6/c1-19(24(32)21-2-4-22(30)5-3-21)29-10-6-20(7-11-29)18-23(31)26-8-12-33-14-16-35-17-15-34-13-9-27-28-25/h2-5,19-20,24,30,32H,6-18H2,1H3,(H,26,31)/t19-,24+/m1/s1. The number of hydrogen-bond donors (Lipinski definition) is 3. The Labute approximate surface area is 207 Å². The van der Waals surface area contributed by atoms with E-state index in [0.717, 1.165) is 31.5 Å². The Bertz CT molecular complexity index is 766. The fourth-order valence-corrected chi connectivity index (χ4v) is 4.00. The van der Waals surface area contributed by atoms with Crippen LogP contribution in [0.15, 0.2) is 29.4 Å². The van der Waals surface area contributed by atoms with Crippen LogP contribution >= 0.6 is 0 Å². The molecule has 1 heterocycles. The number of azide groups is 1. The number of hydrogen-bond acceptors (Lipinski definition) is 8. The SMILES string of the molecule is C[C@H]([C@H](O)c1ccc(O)cc1)N1CCC(CC(=O)NCCOCCOCCOCCN=[N+]=[N-])CC1. The summed E-state index contributed by atoms with van der Waals surface area (Å²) in [5, 5.41) is 26.4. The fourth-order valence-electron chi connectivity index (χ4n) is 4.00. The third-order valence-corrected chi connectivity index (χ3v) is 6.10. The summed E-state index contributed by atoms with van der Waals surface area (Å²) in [6.07, 6.45) is 1.72. The molecule has 11 heteroatoms. The Morgan fingerprint density at radius 3 is 2.34 bits per heavy atom.